The van der Waals surface area contributed by atoms with Crippen molar-refractivity contribution in [3.8, 4) is 22.1 Å². The van der Waals surface area contributed by atoms with Gasteiger partial charge in [0.05, 0.1) is 13.7 Å². The fourth-order valence-corrected chi connectivity index (χ4v) is 2.20. The molecule has 6 heteroatoms. The summed E-state index contributed by atoms with van der Waals surface area (Å²) in [5.74, 6) is 1.44. The summed E-state index contributed by atoms with van der Waals surface area (Å²) in [5.41, 5.74) is 6.51. The van der Waals surface area contributed by atoms with E-state index in [2.05, 4.69) is 17.1 Å². The molecule has 1 heterocycles. The maximum absolute atomic E-state index is 5.68. The lowest BCUT2D eigenvalue weighted by molar-refractivity contribution is 0.288. The number of nitrogens with two attached hydrogens (primary N) is 1. The summed E-state index contributed by atoms with van der Waals surface area (Å²) in [6.07, 6.45) is 2.13. The number of rotatable bonds is 6. The predicted molar refractivity (Wildman–Crippen MR) is 76.7 cm³/mol. The van der Waals surface area contributed by atoms with E-state index in [9.17, 15) is 0 Å². The second kappa shape index (κ2) is 6.38. The van der Waals surface area contributed by atoms with Crippen LogP contribution in [0.2, 0.25) is 0 Å². The first-order valence-corrected chi connectivity index (χ1v) is 6.96. The van der Waals surface area contributed by atoms with Crippen LogP contribution in [0.5, 0.6) is 11.5 Å². The lowest BCUT2D eigenvalue weighted by atomic mass is 10.2. The average Bonchev–Trinajstić information content (AvgIpc) is 2.86. The number of aromatic nitrogens is 2. The van der Waals surface area contributed by atoms with Crippen LogP contribution in [0.1, 0.15) is 19.8 Å². The lowest BCUT2D eigenvalue weighted by Gasteiger charge is -2.11. The standard InChI is InChI=1S/C13H17N3O2S/c1-3-4-7-18-10-6-5-9(8-11(10)17-2)12-15-16-13(14)19-12/h5-6,8H,3-4,7H2,1-2H3,(H2,14,16). The minimum Gasteiger partial charge on any atom is -0.493 e. The molecule has 0 aliphatic carbocycles. The molecule has 0 radical (unpaired) electrons. The predicted octanol–water partition coefficient (Wildman–Crippen LogP) is 2.97. The van der Waals surface area contributed by atoms with Crippen molar-refractivity contribution < 1.29 is 9.47 Å². The number of nitrogen functional groups attached to an aromatic ring is 1. The van der Waals surface area contributed by atoms with Crippen molar-refractivity contribution in [3.05, 3.63) is 18.2 Å². The third-order valence-corrected chi connectivity index (χ3v) is 3.41. The van der Waals surface area contributed by atoms with Gasteiger partial charge in [0.25, 0.3) is 0 Å². The zero-order valence-electron chi connectivity index (χ0n) is 11.0. The monoisotopic (exact) mass is 279 g/mol. The second-order valence-corrected chi connectivity index (χ2v) is 5.02. The van der Waals surface area contributed by atoms with Crippen molar-refractivity contribution in [3.63, 3.8) is 0 Å². The molecule has 0 bridgehead atoms. The zero-order chi connectivity index (χ0) is 13.7. The van der Waals surface area contributed by atoms with Gasteiger partial charge in [-0.15, -0.1) is 10.2 Å². The second-order valence-electron chi connectivity index (χ2n) is 4.01. The Morgan fingerprint density at radius 3 is 2.74 bits per heavy atom. The van der Waals surface area contributed by atoms with Crippen LogP contribution < -0.4 is 15.2 Å². The number of hydrogen-bond donors (Lipinski definition) is 1. The fraction of sp³-hybridized carbons (Fsp3) is 0.385. The molecule has 0 fully saturated rings. The molecule has 5 nitrogen and oxygen atoms in total. The summed E-state index contributed by atoms with van der Waals surface area (Å²) in [6, 6.07) is 5.71. The van der Waals surface area contributed by atoms with Gasteiger partial charge in [-0.05, 0) is 24.6 Å². The number of anilines is 1. The highest BCUT2D eigenvalue weighted by molar-refractivity contribution is 7.18. The molecule has 0 aliphatic heterocycles. The topological polar surface area (TPSA) is 70.3 Å². The summed E-state index contributed by atoms with van der Waals surface area (Å²) in [7, 11) is 1.63. The molecule has 2 aromatic rings. The Balaban J connectivity index is 2.20. The van der Waals surface area contributed by atoms with Crippen LogP contribution in [-0.4, -0.2) is 23.9 Å². The van der Waals surface area contributed by atoms with Crippen LogP contribution in [0.4, 0.5) is 5.13 Å². The van der Waals surface area contributed by atoms with E-state index in [1.54, 1.807) is 7.11 Å². The van der Waals surface area contributed by atoms with E-state index in [1.165, 1.54) is 11.3 Å². The molecule has 0 amide bonds. The molecule has 0 unspecified atom stereocenters. The Labute approximate surface area is 116 Å². The van der Waals surface area contributed by atoms with Gasteiger partial charge in [-0.2, -0.15) is 0 Å². The Morgan fingerprint density at radius 2 is 2.11 bits per heavy atom. The summed E-state index contributed by atoms with van der Waals surface area (Å²) >= 11 is 1.35. The summed E-state index contributed by atoms with van der Waals surface area (Å²) < 4.78 is 11.0. The van der Waals surface area contributed by atoms with Crippen molar-refractivity contribution in [1.82, 2.24) is 10.2 Å². The SMILES string of the molecule is CCCCOc1ccc(-c2nnc(N)s2)cc1OC. The van der Waals surface area contributed by atoms with Crippen molar-refractivity contribution >= 4 is 16.5 Å². The van der Waals surface area contributed by atoms with Gasteiger partial charge in [0.1, 0.15) is 5.01 Å². The van der Waals surface area contributed by atoms with E-state index in [-0.39, 0.29) is 0 Å². The molecule has 0 aliphatic rings. The number of methoxy groups -OCH3 is 1. The first-order valence-electron chi connectivity index (χ1n) is 6.14. The van der Waals surface area contributed by atoms with Gasteiger partial charge in [-0.3, -0.25) is 0 Å². The van der Waals surface area contributed by atoms with Crippen LogP contribution >= 0.6 is 11.3 Å². The smallest absolute Gasteiger partial charge is 0.203 e. The average molecular weight is 279 g/mol. The normalized spacial score (nSPS) is 10.4. The molecule has 0 spiro atoms. The molecule has 102 valence electrons. The Hall–Kier alpha value is -1.82. The molecule has 1 aromatic heterocycles. The molecular weight excluding hydrogens is 262 g/mol. The van der Waals surface area contributed by atoms with E-state index in [0.717, 1.165) is 29.2 Å². The molecule has 2 N–H and O–H groups in total. The number of hydrogen-bond acceptors (Lipinski definition) is 6. The number of nitrogens with zero attached hydrogens (tertiary/aromatic N) is 2. The summed E-state index contributed by atoms with van der Waals surface area (Å²) in [6.45, 7) is 2.82. The van der Waals surface area contributed by atoms with Crippen molar-refractivity contribution in [1.29, 1.82) is 0 Å². The molecule has 1 aromatic carbocycles. The molecule has 0 atom stereocenters. The number of unbranched alkanes of at least 4 members (excludes halogenated alkanes) is 1. The van der Waals surface area contributed by atoms with Gasteiger partial charge >= 0.3 is 0 Å². The molecule has 2 rings (SSSR count). The van der Waals surface area contributed by atoms with E-state index in [0.29, 0.717) is 17.5 Å². The summed E-state index contributed by atoms with van der Waals surface area (Å²) in [4.78, 5) is 0. The molecular formula is C13H17N3O2S. The van der Waals surface area contributed by atoms with Crippen LogP contribution in [-0.2, 0) is 0 Å². The maximum Gasteiger partial charge on any atom is 0.203 e. The highest BCUT2D eigenvalue weighted by Gasteiger charge is 2.10. The zero-order valence-corrected chi connectivity index (χ0v) is 11.9. The molecule has 0 saturated carbocycles. The van der Waals surface area contributed by atoms with Crippen molar-refractivity contribution in [2.45, 2.75) is 19.8 Å². The largest absolute Gasteiger partial charge is 0.493 e. The Morgan fingerprint density at radius 1 is 1.26 bits per heavy atom. The Kier molecular flexibility index (Phi) is 4.57. The minimum absolute atomic E-state index is 0.456. The van der Waals surface area contributed by atoms with Crippen LogP contribution in [0, 0.1) is 0 Å². The van der Waals surface area contributed by atoms with Gasteiger partial charge in [-0.25, -0.2) is 0 Å². The highest BCUT2D eigenvalue weighted by atomic mass is 32.1. The first kappa shape index (κ1) is 13.6. The van der Waals surface area contributed by atoms with Gasteiger partial charge in [-0.1, -0.05) is 24.7 Å². The van der Waals surface area contributed by atoms with E-state index >= 15 is 0 Å². The van der Waals surface area contributed by atoms with Crippen LogP contribution in [0.25, 0.3) is 10.6 Å². The first-order chi connectivity index (χ1) is 9.24. The maximum atomic E-state index is 5.68. The highest BCUT2D eigenvalue weighted by Crippen LogP contribution is 2.34. The molecule has 19 heavy (non-hydrogen) atoms. The van der Waals surface area contributed by atoms with Crippen molar-refractivity contribution in [2.75, 3.05) is 19.5 Å². The van der Waals surface area contributed by atoms with Gasteiger partial charge in [0.15, 0.2) is 11.5 Å². The minimum atomic E-state index is 0.456. The summed E-state index contributed by atoms with van der Waals surface area (Å²) in [5, 5.41) is 9.05. The Bertz CT molecular complexity index is 542. The van der Waals surface area contributed by atoms with Gasteiger partial charge < -0.3 is 15.2 Å². The molecule has 0 saturated heterocycles. The third kappa shape index (κ3) is 3.35. The number of benzene rings is 1. The van der Waals surface area contributed by atoms with E-state index in [4.69, 9.17) is 15.2 Å². The van der Waals surface area contributed by atoms with Crippen LogP contribution in [0.3, 0.4) is 0 Å². The fourth-order valence-electron chi connectivity index (χ4n) is 1.60. The lowest BCUT2D eigenvalue weighted by Crippen LogP contribution is -1.98. The van der Waals surface area contributed by atoms with Gasteiger partial charge in [0, 0.05) is 5.56 Å². The van der Waals surface area contributed by atoms with Gasteiger partial charge in [0.2, 0.25) is 5.13 Å². The third-order valence-electron chi connectivity index (χ3n) is 2.61. The van der Waals surface area contributed by atoms with E-state index in [1.807, 2.05) is 18.2 Å². The van der Waals surface area contributed by atoms with Crippen LogP contribution in [0.15, 0.2) is 18.2 Å². The van der Waals surface area contributed by atoms with E-state index < -0.39 is 0 Å². The van der Waals surface area contributed by atoms with Crippen molar-refractivity contribution in [2.24, 2.45) is 0 Å². The number of ether oxygens (including phenoxy) is 2. The quantitative estimate of drug-likeness (QED) is 0.823.